The Hall–Kier alpha value is -2.65. The summed E-state index contributed by atoms with van der Waals surface area (Å²) in [6.45, 7) is -1.14. The van der Waals surface area contributed by atoms with Gasteiger partial charge >= 0.3 is 6.18 Å². The maximum absolute atomic E-state index is 12.2. The fourth-order valence-corrected chi connectivity index (χ4v) is 1.68. The Bertz CT molecular complexity index is 716. The number of alkyl halides is 3. The van der Waals surface area contributed by atoms with Gasteiger partial charge in [-0.1, -0.05) is 10.3 Å². The van der Waals surface area contributed by atoms with E-state index in [1.54, 1.807) is 6.07 Å². The van der Waals surface area contributed by atoms with Gasteiger partial charge in [0.05, 0.1) is 12.1 Å². The van der Waals surface area contributed by atoms with E-state index in [4.69, 9.17) is 4.52 Å². The van der Waals surface area contributed by atoms with Gasteiger partial charge in [0.2, 0.25) is 11.7 Å². The van der Waals surface area contributed by atoms with Crippen LogP contribution >= 0.6 is 0 Å². The smallest absolute Gasteiger partial charge is 0.364 e. The van der Waals surface area contributed by atoms with E-state index < -0.39 is 12.7 Å². The van der Waals surface area contributed by atoms with Gasteiger partial charge in [-0.2, -0.15) is 23.3 Å². The Balaban J connectivity index is 1.70. The van der Waals surface area contributed by atoms with Crippen molar-refractivity contribution in [2.24, 2.45) is 0 Å². The van der Waals surface area contributed by atoms with Crippen LogP contribution in [0.1, 0.15) is 11.6 Å². The lowest BCUT2D eigenvalue weighted by Crippen LogP contribution is -2.18. The summed E-state index contributed by atoms with van der Waals surface area (Å²) >= 11 is 0. The summed E-state index contributed by atoms with van der Waals surface area (Å²) in [5.74, 6) is 0.471. The van der Waals surface area contributed by atoms with Crippen LogP contribution in [-0.2, 0) is 13.0 Å². The van der Waals surface area contributed by atoms with Crippen LogP contribution in [0.25, 0.3) is 11.5 Å². The molecule has 0 aromatic carbocycles. The standard InChI is InChI=1S/C11H8F3N5O2/c12-11(13,14)6-19-3-1-7(16-19)5-9-15-10(18-21-9)8-2-4-20-17-8/h1-4H,5-6H2. The van der Waals surface area contributed by atoms with Crippen molar-refractivity contribution in [2.75, 3.05) is 0 Å². The predicted molar refractivity (Wildman–Crippen MR) is 60.9 cm³/mol. The lowest BCUT2D eigenvalue weighted by Gasteiger charge is -2.05. The van der Waals surface area contributed by atoms with Crippen molar-refractivity contribution in [3.8, 4) is 11.5 Å². The summed E-state index contributed by atoms with van der Waals surface area (Å²) in [6.07, 6.45) is -1.56. The third kappa shape index (κ3) is 3.27. The maximum atomic E-state index is 12.2. The Morgan fingerprint density at radius 1 is 1.19 bits per heavy atom. The average molecular weight is 299 g/mol. The number of rotatable bonds is 4. The average Bonchev–Trinajstić information content (AvgIpc) is 3.08. The number of aromatic nitrogens is 5. The molecule has 0 radical (unpaired) electrons. The molecule has 3 heterocycles. The van der Waals surface area contributed by atoms with E-state index in [0.29, 0.717) is 11.4 Å². The second-order valence-corrected chi connectivity index (χ2v) is 4.19. The molecule has 3 aromatic rings. The van der Waals surface area contributed by atoms with Crippen molar-refractivity contribution < 1.29 is 22.2 Å². The van der Waals surface area contributed by atoms with Gasteiger partial charge in [-0.05, 0) is 6.07 Å². The zero-order chi connectivity index (χ0) is 14.9. The van der Waals surface area contributed by atoms with E-state index in [2.05, 4.69) is 24.9 Å². The topological polar surface area (TPSA) is 82.8 Å². The first kappa shape index (κ1) is 13.3. The molecule has 0 bridgehead atoms. The van der Waals surface area contributed by atoms with E-state index in [1.165, 1.54) is 18.5 Å². The minimum Gasteiger partial charge on any atom is -0.364 e. The van der Waals surface area contributed by atoms with Gasteiger partial charge in [0, 0.05) is 12.3 Å². The van der Waals surface area contributed by atoms with Gasteiger partial charge in [0.15, 0.2) is 5.69 Å². The number of hydrogen-bond acceptors (Lipinski definition) is 6. The largest absolute Gasteiger partial charge is 0.408 e. The van der Waals surface area contributed by atoms with Crippen LogP contribution < -0.4 is 0 Å². The Morgan fingerprint density at radius 2 is 2.05 bits per heavy atom. The summed E-state index contributed by atoms with van der Waals surface area (Å²) in [7, 11) is 0. The highest BCUT2D eigenvalue weighted by Crippen LogP contribution is 2.18. The van der Waals surface area contributed by atoms with Gasteiger partial charge < -0.3 is 9.05 Å². The van der Waals surface area contributed by atoms with Crippen molar-refractivity contribution in [1.29, 1.82) is 0 Å². The third-order valence-corrected chi connectivity index (χ3v) is 2.50. The molecule has 0 aliphatic rings. The molecular formula is C11H8F3N5O2. The van der Waals surface area contributed by atoms with Gasteiger partial charge in [0.25, 0.3) is 0 Å². The van der Waals surface area contributed by atoms with Crippen molar-refractivity contribution in [3.63, 3.8) is 0 Å². The summed E-state index contributed by atoms with van der Waals surface area (Å²) in [4.78, 5) is 4.06. The Labute approximate surface area is 115 Å². The van der Waals surface area contributed by atoms with Crippen LogP contribution in [0.3, 0.4) is 0 Å². The lowest BCUT2D eigenvalue weighted by molar-refractivity contribution is -0.142. The molecule has 3 aromatic heterocycles. The second-order valence-electron chi connectivity index (χ2n) is 4.19. The zero-order valence-corrected chi connectivity index (χ0v) is 10.4. The van der Waals surface area contributed by atoms with Crippen LogP contribution in [0.4, 0.5) is 13.2 Å². The molecule has 110 valence electrons. The Kier molecular flexibility index (Phi) is 3.20. The highest BCUT2D eigenvalue weighted by atomic mass is 19.4. The van der Waals surface area contributed by atoms with Crippen molar-refractivity contribution in [1.82, 2.24) is 25.1 Å². The first-order valence-corrected chi connectivity index (χ1v) is 5.82. The summed E-state index contributed by atoms with van der Waals surface area (Å²) in [5.41, 5.74) is 0.808. The fourth-order valence-electron chi connectivity index (χ4n) is 1.68. The molecule has 0 spiro atoms. The molecular weight excluding hydrogens is 291 g/mol. The third-order valence-electron chi connectivity index (χ3n) is 2.50. The Morgan fingerprint density at radius 3 is 2.76 bits per heavy atom. The first-order valence-electron chi connectivity index (χ1n) is 5.82. The molecule has 0 fully saturated rings. The molecule has 0 amide bonds. The van der Waals surface area contributed by atoms with Gasteiger partial charge in [-0.15, -0.1) is 0 Å². The molecule has 0 saturated carbocycles. The zero-order valence-electron chi connectivity index (χ0n) is 10.4. The molecule has 0 N–H and O–H groups in total. The van der Waals surface area contributed by atoms with Crippen molar-refractivity contribution in [3.05, 3.63) is 36.2 Å². The van der Waals surface area contributed by atoms with Crippen LogP contribution in [-0.4, -0.2) is 31.3 Å². The molecule has 0 atom stereocenters. The molecule has 0 saturated heterocycles. The lowest BCUT2D eigenvalue weighted by atomic mass is 10.3. The molecule has 0 unspecified atom stereocenters. The molecule has 21 heavy (non-hydrogen) atoms. The van der Waals surface area contributed by atoms with Gasteiger partial charge in [-0.3, -0.25) is 4.68 Å². The van der Waals surface area contributed by atoms with Crippen LogP contribution in [0.15, 0.2) is 33.6 Å². The quantitative estimate of drug-likeness (QED) is 0.733. The monoisotopic (exact) mass is 299 g/mol. The van der Waals surface area contributed by atoms with Gasteiger partial charge in [-0.25, -0.2) is 0 Å². The number of halogens is 3. The summed E-state index contributed by atoms with van der Waals surface area (Å²) in [5, 5.41) is 11.1. The van der Waals surface area contributed by atoms with Crippen molar-refractivity contribution in [2.45, 2.75) is 19.1 Å². The minimum atomic E-state index is -4.31. The SMILES string of the molecule is FC(F)(F)Cn1ccc(Cc2nc(-c3ccon3)no2)n1. The molecule has 10 heteroatoms. The highest BCUT2D eigenvalue weighted by molar-refractivity contribution is 5.45. The minimum absolute atomic E-state index is 0.135. The van der Waals surface area contributed by atoms with Crippen molar-refractivity contribution >= 4 is 0 Å². The summed E-state index contributed by atoms with van der Waals surface area (Å²) in [6, 6.07) is 3.03. The van der Waals surface area contributed by atoms with E-state index in [-0.39, 0.29) is 18.1 Å². The van der Waals surface area contributed by atoms with E-state index in [9.17, 15) is 13.2 Å². The molecule has 3 rings (SSSR count). The number of hydrogen-bond donors (Lipinski definition) is 0. The molecule has 0 aliphatic carbocycles. The van der Waals surface area contributed by atoms with E-state index in [1.807, 2.05) is 0 Å². The maximum Gasteiger partial charge on any atom is 0.408 e. The highest BCUT2D eigenvalue weighted by Gasteiger charge is 2.28. The molecule has 0 aliphatic heterocycles. The van der Waals surface area contributed by atoms with Crippen LogP contribution in [0.2, 0.25) is 0 Å². The van der Waals surface area contributed by atoms with Crippen LogP contribution in [0, 0.1) is 0 Å². The normalized spacial score (nSPS) is 12.0. The first-order chi connectivity index (χ1) is 9.99. The fraction of sp³-hybridized carbons (Fsp3) is 0.273. The van der Waals surface area contributed by atoms with E-state index in [0.717, 1.165) is 4.68 Å². The predicted octanol–water partition coefficient (Wildman–Crippen LogP) is 2.07. The van der Waals surface area contributed by atoms with Crippen LogP contribution in [0.5, 0.6) is 0 Å². The van der Waals surface area contributed by atoms with E-state index >= 15 is 0 Å². The number of nitrogens with zero attached hydrogens (tertiary/aromatic N) is 5. The second kappa shape index (κ2) is 5.04. The molecule has 7 nitrogen and oxygen atoms in total. The summed E-state index contributed by atoms with van der Waals surface area (Å²) < 4.78 is 47.1. The van der Waals surface area contributed by atoms with Gasteiger partial charge in [0.1, 0.15) is 12.8 Å².